The van der Waals surface area contributed by atoms with Gasteiger partial charge in [-0.25, -0.2) is 0 Å². The number of rotatable bonds is 5. The van der Waals surface area contributed by atoms with Gasteiger partial charge in [-0.1, -0.05) is 0 Å². The molecule has 20 heavy (non-hydrogen) atoms. The first kappa shape index (κ1) is 17.9. The quantitative estimate of drug-likeness (QED) is 0.795. The predicted molar refractivity (Wildman–Crippen MR) is 87.8 cm³/mol. The zero-order valence-corrected chi connectivity index (χ0v) is 14.4. The van der Waals surface area contributed by atoms with Crippen molar-refractivity contribution < 1.29 is 9.53 Å². The number of hydrogen-bond acceptors (Lipinski definition) is 4. The molecule has 0 aromatic carbocycles. The lowest BCUT2D eigenvalue weighted by molar-refractivity contribution is 0.00846. The van der Waals surface area contributed by atoms with Crippen molar-refractivity contribution in [3.8, 4) is 0 Å². The number of ether oxygens (including phenoxy) is 1. The highest BCUT2D eigenvalue weighted by atomic mass is 79.9. The van der Waals surface area contributed by atoms with Gasteiger partial charge >= 0.3 is 0 Å². The van der Waals surface area contributed by atoms with Gasteiger partial charge in [0.1, 0.15) is 0 Å². The average molecular weight is 384 g/mol. The molecule has 2 heterocycles. The van der Waals surface area contributed by atoms with Gasteiger partial charge in [-0.05, 0) is 47.8 Å². The molecule has 1 aromatic rings. The van der Waals surface area contributed by atoms with Gasteiger partial charge in [0.2, 0.25) is 0 Å². The molecule has 0 unspecified atom stereocenters. The summed E-state index contributed by atoms with van der Waals surface area (Å²) < 4.78 is 6.73. The molecular formula is C13H20BrClN2O2S. The van der Waals surface area contributed by atoms with Crippen molar-refractivity contribution in [1.82, 2.24) is 4.90 Å². The summed E-state index contributed by atoms with van der Waals surface area (Å²) in [6.07, 6.45) is 3.02. The molecule has 114 valence electrons. The van der Waals surface area contributed by atoms with Crippen LogP contribution in [0.2, 0.25) is 0 Å². The van der Waals surface area contributed by atoms with Crippen LogP contribution in [0.1, 0.15) is 29.6 Å². The second-order valence-corrected chi connectivity index (χ2v) is 6.93. The van der Waals surface area contributed by atoms with Gasteiger partial charge in [-0.15, -0.1) is 23.7 Å². The minimum Gasteiger partial charge on any atom is -0.378 e. The van der Waals surface area contributed by atoms with E-state index in [0.717, 1.165) is 48.3 Å². The van der Waals surface area contributed by atoms with Crippen molar-refractivity contribution in [1.29, 1.82) is 0 Å². The van der Waals surface area contributed by atoms with Gasteiger partial charge < -0.3 is 15.4 Å². The molecule has 2 rings (SSSR count). The normalized spacial score (nSPS) is 16.0. The molecule has 1 fully saturated rings. The van der Waals surface area contributed by atoms with Crippen LogP contribution in [0, 0.1) is 0 Å². The number of thiophene rings is 1. The third kappa shape index (κ3) is 5.00. The molecule has 1 aliphatic rings. The van der Waals surface area contributed by atoms with Crippen molar-refractivity contribution in [2.45, 2.75) is 25.4 Å². The van der Waals surface area contributed by atoms with E-state index >= 15 is 0 Å². The van der Waals surface area contributed by atoms with E-state index in [1.54, 1.807) is 11.3 Å². The van der Waals surface area contributed by atoms with E-state index in [0.29, 0.717) is 6.54 Å². The van der Waals surface area contributed by atoms with Gasteiger partial charge in [-0.2, -0.15) is 0 Å². The van der Waals surface area contributed by atoms with Crippen molar-refractivity contribution in [2.24, 2.45) is 5.73 Å². The van der Waals surface area contributed by atoms with Crippen LogP contribution in [0.4, 0.5) is 0 Å². The maximum Gasteiger partial charge on any atom is 0.254 e. The van der Waals surface area contributed by atoms with Crippen LogP contribution in [0.25, 0.3) is 0 Å². The first-order valence-electron chi connectivity index (χ1n) is 6.55. The Hall–Kier alpha value is -0.140. The summed E-state index contributed by atoms with van der Waals surface area (Å²) in [7, 11) is 0. The number of nitrogens with zero attached hydrogens (tertiary/aromatic N) is 1. The smallest absolute Gasteiger partial charge is 0.254 e. The van der Waals surface area contributed by atoms with Crippen LogP contribution in [0.5, 0.6) is 0 Å². The SMILES string of the molecule is Cl.NCCCOC1CCN(C(=O)c2csc(Br)c2)CC1. The highest BCUT2D eigenvalue weighted by Crippen LogP contribution is 2.23. The summed E-state index contributed by atoms with van der Waals surface area (Å²) in [5.74, 6) is 0.127. The molecule has 4 nitrogen and oxygen atoms in total. The summed E-state index contributed by atoms with van der Waals surface area (Å²) in [6, 6.07) is 1.89. The van der Waals surface area contributed by atoms with E-state index in [-0.39, 0.29) is 24.4 Å². The molecule has 2 N–H and O–H groups in total. The van der Waals surface area contributed by atoms with Crippen LogP contribution in [-0.2, 0) is 4.74 Å². The lowest BCUT2D eigenvalue weighted by Crippen LogP contribution is -2.40. The molecule has 0 radical (unpaired) electrons. The Kier molecular flexibility index (Phi) is 8.06. The Morgan fingerprint density at radius 1 is 1.50 bits per heavy atom. The first-order chi connectivity index (χ1) is 9.20. The third-order valence-electron chi connectivity index (χ3n) is 3.25. The Balaban J connectivity index is 0.00000200. The second kappa shape index (κ2) is 9.00. The van der Waals surface area contributed by atoms with Gasteiger partial charge in [0.25, 0.3) is 5.91 Å². The molecule has 1 amide bonds. The number of hydrogen-bond donors (Lipinski definition) is 1. The van der Waals surface area contributed by atoms with Crippen molar-refractivity contribution in [3.05, 3.63) is 20.8 Å². The van der Waals surface area contributed by atoms with E-state index in [4.69, 9.17) is 10.5 Å². The summed E-state index contributed by atoms with van der Waals surface area (Å²) in [6.45, 7) is 2.95. The zero-order valence-electron chi connectivity index (χ0n) is 11.2. The van der Waals surface area contributed by atoms with Gasteiger partial charge in [0.05, 0.1) is 15.5 Å². The highest BCUT2D eigenvalue weighted by molar-refractivity contribution is 9.11. The number of likely N-dealkylation sites (tertiary alicyclic amines) is 1. The van der Waals surface area contributed by atoms with E-state index < -0.39 is 0 Å². The highest BCUT2D eigenvalue weighted by Gasteiger charge is 2.24. The minimum atomic E-state index is 0. The van der Waals surface area contributed by atoms with E-state index in [2.05, 4.69) is 15.9 Å². The standard InChI is InChI=1S/C13H19BrN2O2S.ClH/c14-12-8-10(9-19-12)13(17)16-5-2-11(3-6-16)18-7-1-4-15;/h8-9,11H,1-7,15H2;1H. The molecule has 0 spiro atoms. The molecule has 1 saturated heterocycles. The molecule has 1 aromatic heterocycles. The van der Waals surface area contributed by atoms with E-state index in [1.165, 1.54) is 0 Å². The largest absolute Gasteiger partial charge is 0.378 e. The topological polar surface area (TPSA) is 55.6 Å². The number of amides is 1. The fraction of sp³-hybridized carbons (Fsp3) is 0.615. The molecule has 0 atom stereocenters. The maximum absolute atomic E-state index is 12.2. The molecular weight excluding hydrogens is 364 g/mol. The lowest BCUT2D eigenvalue weighted by atomic mass is 10.1. The molecule has 7 heteroatoms. The summed E-state index contributed by atoms with van der Waals surface area (Å²) >= 11 is 4.93. The van der Waals surface area contributed by atoms with Crippen LogP contribution in [0.15, 0.2) is 15.2 Å². The van der Waals surface area contributed by atoms with E-state index in [9.17, 15) is 4.79 Å². The summed E-state index contributed by atoms with van der Waals surface area (Å²) in [5, 5.41) is 1.90. The van der Waals surface area contributed by atoms with Crippen LogP contribution < -0.4 is 5.73 Å². The van der Waals surface area contributed by atoms with Crippen LogP contribution >= 0.6 is 39.7 Å². The average Bonchev–Trinajstić information content (AvgIpc) is 2.86. The van der Waals surface area contributed by atoms with Gasteiger partial charge in [0, 0.05) is 25.1 Å². The molecule has 0 bridgehead atoms. The van der Waals surface area contributed by atoms with Crippen molar-refractivity contribution in [2.75, 3.05) is 26.2 Å². The first-order valence-corrected chi connectivity index (χ1v) is 8.23. The maximum atomic E-state index is 12.2. The molecule has 0 aliphatic carbocycles. The monoisotopic (exact) mass is 382 g/mol. The number of carbonyl (C=O) groups excluding carboxylic acids is 1. The Morgan fingerprint density at radius 2 is 2.20 bits per heavy atom. The Morgan fingerprint density at radius 3 is 2.75 bits per heavy atom. The fourth-order valence-corrected chi connectivity index (χ4v) is 3.29. The van der Waals surface area contributed by atoms with Crippen molar-refractivity contribution >= 4 is 45.6 Å². The van der Waals surface area contributed by atoms with Crippen LogP contribution in [-0.4, -0.2) is 43.2 Å². The second-order valence-electron chi connectivity index (χ2n) is 4.64. The van der Waals surface area contributed by atoms with E-state index in [1.807, 2.05) is 16.3 Å². The summed E-state index contributed by atoms with van der Waals surface area (Å²) in [5.41, 5.74) is 6.21. The summed E-state index contributed by atoms with van der Waals surface area (Å²) in [4.78, 5) is 14.1. The number of nitrogens with two attached hydrogens (primary N) is 1. The Bertz CT molecular complexity index is 422. The van der Waals surface area contributed by atoms with Gasteiger partial charge in [0.15, 0.2) is 0 Å². The Labute approximate surface area is 138 Å². The van der Waals surface area contributed by atoms with Crippen LogP contribution in [0.3, 0.4) is 0 Å². The lowest BCUT2D eigenvalue weighted by Gasteiger charge is -2.31. The number of piperidine rings is 1. The molecule has 1 aliphatic heterocycles. The fourth-order valence-electron chi connectivity index (χ4n) is 2.16. The van der Waals surface area contributed by atoms with Gasteiger partial charge in [-0.3, -0.25) is 4.79 Å². The number of carbonyl (C=O) groups is 1. The zero-order chi connectivity index (χ0) is 13.7. The molecule has 0 saturated carbocycles. The van der Waals surface area contributed by atoms with Crippen molar-refractivity contribution in [3.63, 3.8) is 0 Å². The predicted octanol–water partition coefficient (Wildman–Crippen LogP) is 2.90. The number of halogens is 2. The third-order valence-corrected chi connectivity index (χ3v) is 4.75. The minimum absolute atomic E-state index is 0.